The lowest BCUT2D eigenvalue weighted by Crippen LogP contribution is -2.62. The van der Waals surface area contributed by atoms with Crippen molar-refractivity contribution in [2.75, 3.05) is 0 Å². The van der Waals surface area contributed by atoms with E-state index in [-0.39, 0.29) is 27.3 Å². The lowest BCUT2D eigenvalue weighted by Gasteiger charge is -2.60. The molecule has 0 saturated heterocycles. The molecular weight excluding hydrogens is 288 g/mol. The number of carbonyl (C=O) groups excluding carboxylic acids is 1. The number of Topliss-reactive ketones (excluding diaryl/α,β-unsaturated/α-hetero) is 1. The maximum atomic E-state index is 11.9. The first-order valence-electron chi connectivity index (χ1n) is 8.40. The van der Waals surface area contributed by atoms with Gasteiger partial charge in [0.25, 0.3) is 0 Å². The van der Waals surface area contributed by atoms with Crippen molar-refractivity contribution < 1.29 is 9.22 Å². The molecule has 128 valence electrons. The van der Waals surface area contributed by atoms with Crippen LogP contribution in [0.1, 0.15) is 68.7 Å². The normalized spacial score (nSPS) is 28.2. The van der Waals surface area contributed by atoms with E-state index in [0.29, 0.717) is 0 Å². The van der Waals surface area contributed by atoms with Crippen molar-refractivity contribution in [3.63, 3.8) is 0 Å². The SMILES string of the molecule is CC(=O)C1=CC(C)(C)[C@](C)(O[Si](C)(C)C(C)(C)C)C(C)(C)C1. The van der Waals surface area contributed by atoms with Gasteiger partial charge in [0.2, 0.25) is 0 Å². The number of hydrogen-bond donors (Lipinski definition) is 0. The predicted octanol–water partition coefficient (Wildman–Crippen LogP) is 5.74. The molecule has 0 aliphatic heterocycles. The topological polar surface area (TPSA) is 26.3 Å². The molecule has 1 atom stereocenters. The van der Waals surface area contributed by atoms with E-state index < -0.39 is 8.32 Å². The van der Waals surface area contributed by atoms with Gasteiger partial charge in [0.05, 0.1) is 5.60 Å². The van der Waals surface area contributed by atoms with Gasteiger partial charge in [-0.1, -0.05) is 54.5 Å². The van der Waals surface area contributed by atoms with Gasteiger partial charge in [0.1, 0.15) is 0 Å². The highest BCUT2D eigenvalue weighted by Gasteiger charge is 2.58. The van der Waals surface area contributed by atoms with E-state index in [2.05, 4.69) is 74.6 Å². The van der Waals surface area contributed by atoms with Crippen LogP contribution in [0.3, 0.4) is 0 Å². The van der Waals surface area contributed by atoms with E-state index in [1.165, 1.54) is 0 Å². The Morgan fingerprint density at radius 1 is 1.14 bits per heavy atom. The van der Waals surface area contributed by atoms with Crippen molar-refractivity contribution in [3.8, 4) is 0 Å². The zero-order valence-electron chi connectivity index (χ0n) is 16.6. The summed E-state index contributed by atoms with van der Waals surface area (Å²) in [6.07, 6.45) is 2.95. The third-order valence-electron chi connectivity index (χ3n) is 6.41. The molecule has 0 heterocycles. The summed E-state index contributed by atoms with van der Waals surface area (Å²) in [7, 11) is -1.91. The van der Waals surface area contributed by atoms with E-state index in [0.717, 1.165) is 12.0 Å². The van der Waals surface area contributed by atoms with Crippen molar-refractivity contribution in [1.29, 1.82) is 0 Å². The van der Waals surface area contributed by atoms with E-state index >= 15 is 0 Å². The van der Waals surface area contributed by atoms with Crippen LogP contribution in [0.4, 0.5) is 0 Å². The van der Waals surface area contributed by atoms with Crippen molar-refractivity contribution >= 4 is 14.1 Å². The number of carbonyl (C=O) groups is 1. The van der Waals surface area contributed by atoms with Crippen LogP contribution >= 0.6 is 0 Å². The van der Waals surface area contributed by atoms with Crippen LogP contribution in [0.2, 0.25) is 18.1 Å². The molecule has 0 amide bonds. The lowest BCUT2D eigenvalue weighted by molar-refractivity contribution is -0.123. The summed E-state index contributed by atoms with van der Waals surface area (Å²) in [5.74, 6) is 0.190. The largest absolute Gasteiger partial charge is 0.410 e. The van der Waals surface area contributed by atoms with Gasteiger partial charge >= 0.3 is 0 Å². The van der Waals surface area contributed by atoms with Crippen molar-refractivity contribution in [2.24, 2.45) is 10.8 Å². The van der Waals surface area contributed by atoms with E-state index in [9.17, 15) is 4.79 Å². The Labute approximate surface area is 138 Å². The molecule has 1 rings (SSSR count). The van der Waals surface area contributed by atoms with E-state index in [1.807, 2.05) is 0 Å². The van der Waals surface area contributed by atoms with Crippen molar-refractivity contribution in [2.45, 2.75) is 92.5 Å². The highest BCUT2D eigenvalue weighted by molar-refractivity contribution is 6.74. The molecule has 2 nitrogen and oxygen atoms in total. The summed E-state index contributed by atoms with van der Waals surface area (Å²) in [5, 5.41) is 0.173. The third-order valence-corrected chi connectivity index (χ3v) is 10.9. The fourth-order valence-electron chi connectivity index (χ4n) is 3.30. The minimum absolute atomic E-state index is 0.0816. The second-order valence-electron chi connectivity index (χ2n) is 9.90. The summed E-state index contributed by atoms with van der Waals surface area (Å²) < 4.78 is 6.97. The molecule has 0 bridgehead atoms. The standard InChI is InChI=1S/C19H36O2Si/c1-14(20)15-12-17(5,6)19(9,18(7,8)13-15)21-22(10,11)16(2,3)4/h12H,13H2,1-11H3/t19-/m0/s1. The average molecular weight is 325 g/mol. The van der Waals surface area contributed by atoms with Crippen LogP contribution in [0, 0.1) is 10.8 Å². The molecule has 1 aliphatic rings. The van der Waals surface area contributed by atoms with Gasteiger partial charge in [0.15, 0.2) is 14.1 Å². The molecule has 22 heavy (non-hydrogen) atoms. The first kappa shape index (κ1) is 19.6. The summed E-state index contributed by atoms with van der Waals surface area (Å²) in [6.45, 7) is 24.3. The summed E-state index contributed by atoms with van der Waals surface area (Å²) >= 11 is 0. The zero-order chi connectivity index (χ0) is 17.8. The van der Waals surface area contributed by atoms with Crippen molar-refractivity contribution in [3.05, 3.63) is 11.6 Å². The summed E-state index contributed by atoms with van der Waals surface area (Å²) in [4.78, 5) is 11.9. The molecule has 0 aromatic carbocycles. The van der Waals surface area contributed by atoms with Crippen LogP contribution in [0.25, 0.3) is 0 Å². The number of allylic oxidation sites excluding steroid dienone is 1. The van der Waals surface area contributed by atoms with E-state index in [1.54, 1.807) is 6.92 Å². The summed E-state index contributed by atoms with van der Waals surface area (Å²) in [5.41, 5.74) is 0.404. The molecule has 0 fully saturated rings. The summed E-state index contributed by atoms with van der Waals surface area (Å²) in [6, 6.07) is 0. The van der Waals surface area contributed by atoms with Gasteiger partial charge in [-0.15, -0.1) is 0 Å². The van der Waals surface area contributed by atoms with Gasteiger partial charge in [0, 0.05) is 5.41 Å². The van der Waals surface area contributed by atoms with Crippen LogP contribution in [-0.4, -0.2) is 19.7 Å². The highest BCUT2D eigenvalue weighted by Crippen LogP contribution is 2.57. The number of hydrogen-bond acceptors (Lipinski definition) is 2. The van der Waals surface area contributed by atoms with Crippen LogP contribution < -0.4 is 0 Å². The molecule has 0 N–H and O–H groups in total. The fourth-order valence-corrected chi connectivity index (χ4v) is 5.17. The van der Waals surface area contributed by atoms with Crippen molar-refractivity contribution in [1.82, 2.24) is 0 Å². The minimum atomic E-state index is -1.91. The van der Waals surface area contributed by atoms with Crippen LogP contribution in [0.5, 0.6) is 0 Å². The van der Waals surface area contributed by atoms with Gasteiger partial charge < -0.3 is 4.43 Å². The van der Waals surface area contributed by atoms with E-state index in [4.69, 9.17) is 4.43 Å². The van der Waals surface area contributed by atoms with Gasteiger partial charge in [-0.05, 0) is 49.4 Å². The number of rotatable bonds is 3. The molecule has 0 aromatic heterocycles. The molecule has 0 aromatic rings. The maximum Gasteiger partial charge on any atom is 0.192 e. The molecule has 1 aliphatic carbocycles. The zero-order valence-corrected chi connectivity index (χ0v) is 17.6. The van der Waals surface area contributed by atoms with Crippen LogP contribution in [-0.2, 0) is 9.22 Å². The monoisotopic (exact) mass is 324 g/mol. The minimum Gasteiger partial charge on any atom is -0.410 e. The van der Waals surface area contributed by atoms with Gasteiger partial charge in [-0.25, -0.2) is 0 Å². The first-order valence-corrected chi connectivity index (χ1v) is 11.3. The first-order chi connectivity index (χ1) is 9.47. The Bertz CT molecular complexity index is 492. The Balaban J connectivity index is 3.40. The Morgan fingerprint density at radius 2 is 1.59 bits per heavy atom. The molecular formula is C19H36O2Si. The average Bonchev–Trinajstić information content (AvgIpc) is 2.22. The van der Waals surface area contributed by atoms with Gasteiger partial charge in [-0.2, -0.15) is 0 Å². The van der Waals surface area contributed by atoms with Gasteiger partial charge in [-0.3, -0.25) is 4.79 Å². The molecule has 0 radical (unpaired) electrons. The molecule has 0 unspecified atom stereocenters. The smallest absolute Gasteiger partial charge is 0.192 e. The second-order valence-corrected chi connectivity index (χ2v) is 14.6. The highest BCUT2D eigenvalue weighted by atomic mass is 28.4. The molecule has 3 heteroatoms. The molecule has 0 saturated carbocycles. The maximum absolute atomic E-state index is 11.9. The second kappa shape index (κ2) is 5.30. The Hall–Kier alpha value is -0.413. The predicted molar refractivity (Wildman–Crippen MR) is 97.6 cm³/mol. The molecule has 0 spiro atoms. The fraction of sp³-hybridized carbons (Fsp3) is 0.842. The van der Waals surface area contributed by atoms with Crippen LogP contribution in [0.15, 0.2) is 11.6 Å². The Morgan fingerprint density at radius 3 is 1.91 bits per heavy atom. The lowest BCUT2D eigenvalue weighted by atomic mass is 9.56. The number of ketones is 1. The third kappa shape index (κ3) is 3.12. The quantitative estimate of drug-likeness (QED) is 0.619. The Kier molecular flexibility index (Phi) is 4.73.